The first-order valence-corrected chi connectivity index (χ1v) is 5.08. The Hall–Kier alpha value is -0.830. The minimum Gasteiger partial charge on any atom is -0.504 e. The van der Waals surface area contributed by atoms with Crippen LogP contribution in [-0.4, -0.2) is 10.4 Å². The summed E-state index contributed by atoms with van der Waals surface area (Å²) in [5, 5.41) is 10.1. The van der Waals surface area contributed by atoms with Gasteiger partial charge in [0.25, 0.3) is 0 Å². The van der Waals surface area contributed by atoms with Gasteiger partial charge in [0.15, 0.2) is 11.6 Å². The topological polar surface area (TPSA) is 20.2 Å². The van der Waals surface area contributed by atoms with Crippen molar-refractivity contribution in [3.05, 3.63) is 35.7 Å². The largest absolute Gasteiger partial charge is 0.504 e. The van der Waals surface area contributed by atoms with Gasteiger partial charge in [-0.1, -0.05) is 40.2 Å². The van der Waals surface area contributed by atoms with Crippen molar-refractivity contribution >= 4 is 22.0 Å². The SMILES string of the molecule is Oc1c(F)cccc1C=CCCBr. The van der Waals surface area contributed by atoms with E-state index < -0.39 is 5.82 Å². The zero-order chi connectivity index (χ0) is 9.68. The van der Waals surface area contributed by atoms with Gasteiger partial charge in [0.1, 0.15) is 0 Å². The molecule has 0 aliphatic heterocycles. The van der Waals surface area contributed by atoms with Crippen molar-refractivity contribution in [1.82, 2.24) is 0 Å². The van der Waals surface area contributed by atoms with Gasteiger partial charge in [-0.2, -0.15) is 0 Å². The summed E-state index contributed by atoms with van der Waals surface area (Å²) in [5.74, 6) is -0.866. The molecule has 13 heavy (non-hydrogen) atoms. The van der Waals surface area contributed by atoms with Crippen molar-refractivity contribution in [3.63, 3.8) is 0 Å². The minimum atomic E-state index is -0.582. The van der Waals surface area contributed by atoms with E-state index in [-0.39, 0.29) is 5.75 Å². The van der Waals surface area contributed by atoms with Crippen LogP contribution in [0.4, 0.5) is 4.39 Å². The molecule has 0 bridgehead atoms. The van der Waals surface area contributed by atoms with Crippen LogP contribution in [0.2, 0.25) is 0 Å². The first-order valence-electron chi connectivity index (χ1n) is 3.95. The Bertz CT molecular complexity index is 310. The molecular weight excluding hydrogens is 235 g/mol. The monoisotopic (exact) mass is 244 g/mol. The highest BCUT2D eigenvalue weighted by molar-refractivity contribution is 9.09. The first kappa shape index (κ1) is 10.3. The van der Waals surface area contributed by atoms with Crippen LogP contribution in [-0.2, 0) is 0 Å². The molecule has 0 saturated heterocycles. The van der Waals surface area contributed by atoms with Gasteiger partial charge in [0.05, 0.1) is 0 Å². The molecular formula is C10H10BrFO. The summed E-state index contributed by atoms with van der Waals surface area (Å²) in [6, 6.07) is 4.48. The molecule has 1 aromatic rings. The predicted molar refractivity (Wildman–Crippen MR) is 55.5 cm³/mol. The van der Waals surface area contributed by atoms with E-state index in [0.717, 1.165) is 11.8 Å². The fourth-order valence-corrected chi connectivity index (χ4v) is 1.20. The van der Waals surface area contributed by atoms with E-state index >= 15 is 0 Å². The Labute approximate surface area is 85.0 Å². The maximum absolute atomic E-state index is 12.8. The van der Waals surface area contributed by atoms with Crippen molar-refractivity contribution in [2.45, 2.75) is 6.42 Å². The highest BCUT2D eigenvalue weighted by Gasteiger charge is 2.01. The summed E-state index contributed by atoms with van der Waals surface area (Å²) in [6.45, 7) is 0. The number of phenolic OH excluding ortho intramolecular Hbond substituents is 1. The standard InChI is InChI=1S/C10H10BrFO/c11-7-2-1-4-8-5-3-6-9(12)10(8)13/h1,3-6,13H,2,7H2. The van der Waals surface area contributed by atoms with Crippen LogP contribution in [0.3, 0.4) is 0 Å². The summed E-state index contributed by atoms with van der Waals surface area (Å²) in [6.07, 6.45) is 4.44. The van der Waals surface area contributed by atoms with Gasteiger partial charge in [0, 0.05) is 10.9 Å². The van der Waals surface area contributed by atoms with E-state index in [9.17, 15) is 9.50 Å². The predicted octanol–water partition coefficient (Wildman–Crippen LogP) is 3.33. The molecule has 1 rings (SSSR count). The highest BCUT2D eigenvalue weighted by Crippen LogP contribution is 2.21. The number of alkyl halides is 1. The third-order valence-electron chi connectivity index (χ3n) is 1.59. The molecule has 0 radical (unpaired) electrons. The van der Waals surface area contributed by atoms with Gasteiger partial charge in [-0.05, 0) is 12.5 Å². The average molecular weight is 245 g/mol. The van der Waals surface area contributed by atoms with Crippen LogP contribution in [0.25, 0.3) is 6.08 Å². The number of halogens is 2. The Morgan fingerprint density at radius 1 is 1.46 bits per heavy atom. The number of benzene rings is 1. The molecule has 0 amide bonds. The summed E-state index contributed by atoms with van der Waals surface area (Å²) >= 11 is 3.27. The molecule has 1 N–H and O–H groups in total. The van der Waals surface area contributed by atoms with Crippen LogP contribution >= 0.6 is 15.9 Å². The fraction of sp³-hybridized carbons (Fsp3) is 0.200. The summed E-state index contributed by atoms with van der Waals surface area (Å²) in [4.78, 5) is 0. The number of hydrogen-bond acceptors (Lipinski definition) is 1. The Kier molecular flexibility index (Phi) is 3.96. The number of phenols is 1. The molecule has 1 aromatic carbocycles. The van der Waals surface area contributed by atoms with E-state index in [1.165, 1.54) is 6.07 Å². The third-order valence-corrected chi connectivity index (χ3v) is 2.05. The van der Waals surface area contributed by atoms with Gasteiger partial charge < -0.3 is 5.11 Å². The quantitative estimate of drug-likeness (QED) is 0.810. The van der Waals surface area contributed by atoms with Crippen molar-refractivity contribution in [2.24, 2.45) is 0 Å². The van der Waals surface area contributed by atoms with Crippen molar-refractivity contribution in [2.75, 3.05) is 5.33 Å². The van der Waals surface area contributed by atoms with Crippen LogP contribution in [0.15, 0.2) is 24.3 Å². The average Bonchev–Trinajstić information content (AvgIpc) is 2.13. The lowest BCUT2D eigenvalue weighted by atomic mass is 10.1. The molecule has 3 heteroatoms. The lowest BCUT2D eigenvalue weighted by Gasteiger charge is -1.98. The number of allylic oxidation sites excluding steroid dienone is 1. The summed E-state index contributed by atoms with van der Waals surface area (Å²) in [7, 11) is 0. The summed E-state index contributed by atoms with van der Waals surface area (Å²) < 4.78 is 12.8. The zero-order valence-electron chi connectivity index (χ0n) is 7.00. The molecule has 0 saturated carbocycles. The molecule has 70 valence electrons. The molecule has 0 fully saturated rings. The van der Waals surface area contributed by atoms with Gasteiger partial charge in [-0.15, -0.1) is 0 Å². The second-order valence-corrected chi connectivity index (χ2v) is 3.35. The maximum atomic E-state index is 12.8. The van der Waals surface area contributed by atoms with Gasteiger partial charge in [-0.25, -0.2) is 4.39 Å². The Balaban J connectivity index is 2.83. The molecule has 0 heterocycles. The van der Waals surface area contributed by atoms with E-state index in [4.69, 9.17) is 0 Å². The Morgan fingerprint density at radius 3 is 2.92 bits per heavy atom. The molecule has 0 spiro atoms. The lowest BCUT2D eigenvalue weighted by molar-refractivity contribution is 0.431. The molecule has 0 aliphatic rings. The smallest absolute Gasteiger partial charge is 0.165 e. The number of aromatic hydroxyl groups is 1. The van der Waals surface area contributed by atoms with Crippen molar-refractivity contribution in [3.8, 4) is 5.75 Å². The molecule has 0 aromatic heterocycles. The first-order chi connectivity index (χ1) is 6.25. The van der Waals surface area contributed by atoms with Crippen LogP contribution in [0.1, 0.15) is 12.0 Å². The van der Waals surface area contributed by atoms with Crippen molar-refractivity contribution < 1.29 is 9.50 Å². The van der Waals surface area contributed by atoms with E-state index in [2.05, 4.69) is 15.9 Å². The van der Waals surface area contributed by atoms with E-state index in [0.29, 0.717) is 5.56 Å². The molecule has 0 unspecified atom stereocenters. The van der Waals surface area contributed by atoms with Gasteiger partial charge in [-0.3, -0.25) is 0 Å². The highest BCUT2D eigenvalue weighted by atomic mass is 79.9. The normalized spacial score (nSPS) is 10.9. The second kappa shape index (κ2) is 5.02. The zero-order valence-corrected chi connectivity index (χ0v) is 8.59. The third kappa shape index (κ3) is 2.84. The molecule has 1 nitrogen and oxygen atoms in total. The van der Waals surface area contributed by atoms with E-state index in [1.54, 1.807) is 18.2 Å². The van der Waals surface area contributed by atoms with Gasteiger partial charge >= 0.3 is 0 Å². The number of hydrogen-bond donors (Lipinski definition) is 1. The minimum absolute atomic E-state index is 0.284. The van der Waals surface area contributed by atoms with Crippen LogP contribution < -0.4 is 0 Å². The van der Waals surface area contributed by atoms with Gasteiger partial charge in [0.2, 0.25) is 0 Å². The maximum Gasteiger partial charge on any atom is 0.165 e. The van der Waals surface area contributed by atoms with Crippen LogP contribution in [0.5, 0.6) is 5.75 Å². The second-order valence-electron chi connectivity index (χ2n) is 2.56. The molecule has 0 atom stereocenters. The van der Waals surface area contributed by atoms with E-state index in [1.807, 2.05) is 6.08 Å². The Morgan fingerprint density at radius 2 is 2.23 bits per heavy atom. The van der Waals surface area contributed by atoms with Crippen molar-refractivity contribution in [1.29, 1.82) is 0 Å². The lowest BCUT2D eigenvalue weighted by Crippen LogP contribution is -1.79. The van der Waals surface area contributed by atoms with Crippen LogP contribution in [0, 0.1) is 5.82 Å². The number of rotatable bonds is 3. The summed E-state index contributed by atoms with van der Waals surface area (Å²) in [5.41, 5.74) is 0.515. The fourth-order valence-electron chi connectivity index (χ4n) is 0.940. The molecule has 0 aliphatic carbocycles. The number of para-hydroxylation sites is 1.